The molecule has 5 rings (SSSR count). The topological polar surface area (TPSA) is 38.7 Å². The van der Waals surface area contributed by atoms with E-state index in [0.29, 0.717) is 29.6 Å². The molecular formula is C25H32NO2P. The lowest BCUT2D eigenvalue weighted by atomic mass is 9.45. The summed E-state index contributed by atoms with van der Waals surface area (Å²) in [7, 11) is -0.870. The van der Waals surface area contributed by atoms with E-state index in [-0.39, 0.29) is 5.92 Å². The first kappa shape index (κ1) is 20.4. The lowest BCUT2D eigenvalue weighted by molar-refractivity contribution is -0.0531. The fourth-order valence-corrected chi connectivity index (χ4v) is 8.86. The van der Waals surface area contributed by atoms with Crippen LogP contribution in [0.3, 0.4) is 0 Å². The van der Waals surface area contributed by atoms with Gasteiger partial charge in [-0.05, 0) is 41.2 Å². The van der Waals surface area contributed by atoms with Gasteiger partial charge in [-0.3, -0.25) is 0 Å². The van der Waals surface area contributed by atoms with Crippen LogP contribution >= 0.6 is 7.14 Å². The van der Waals surface area contributed by atoms with Gasteiger partial charge in [-0.1, -0.05) is 79.7 Å². The molecule has 0 heterocycles. The highest BCUT2D eigenvalue weighted by Crippen LogP contribution is 2.64. The van der Waals surface area contributed by atoms with Crippen molar-refractivity contribution in [3.05, 3.63) is 71.8 Å². The first-order valence-corrected chi connectivity index (χ1v) is 12.9. The number of rotatable bonds is 7. The van der Waals surface area contributed by atoms with Crippen molar-refractivity contribution in [2.45, 2.75) is 39.0 Å². The molecule has 3 atom stereocenters. The molecule has 3 aliphatic rings. The summed E-state index contributed by atoms with van der Waals surface area (Å²) < 4.78 is 14.4. The molecule has 2 aromatic rings. The summed E-state index contributed by atoms with van der Waals surface area (Å²) in [5, 5.41) is 4.41. The highest BCUT2D eigenvalue weighted by atomic mass is 31.2. The average Bonchev–Trinajstić information content (AvgIpc) is 2.70. The summed E-state index contributed by atoms with van der Waals surface area (Å²) in [6.07, 6.45) is 4.24. The van der Waals surface area contributed by atoms with Crippen LogP contribution < -0.4 is 0 Å². The number of oxime groups is 1. The van der Waals surface area contributed by atoms with Crippen molar-refractivity contribution in [2.75, 3.05) is 13.3 Å². The third-order valence-electron chi connectivity index (χ3n) is 7.28. The number of benzene rings is 2. The third kappa shape index (κ3) is 4.21. The van der Waals surface area contributed by atoms with Gasteiger partial charge < -0.3 is 9.40 Å². The summed E-state index contributed by atoms with van der Waals surface area (Å²) in [4.78, 5) is 5.20. The molecule has 0 spiro atoms. The SMILES string of the molecule is CO/N=C1\C[C@@H]2C[C@H](C1CP(=O)(Cc1ccccc1)Cc1ccccc1)C2(C)C. The van der Waals surface area contributed by atoms with Crippen molar-refractivity contribution in [3.63, 3.8) is 0 Å². The van der Waals surface area contributed by atoms with Crippen molar-refractivity contribution in [3.8, 4) is 0 Å². The van der Waals surface area contributed by atoms with Gasteiger partial charge in [0, 0.05) is 24.4 Å². The van der Waals surface area contributed by atoms with Crippen molar-refractivity contribution in [1.82, 2.24) is 0 Å². The van der Waals surface area contributed by atoms with Crippen LogP contribution in [-0.4, -0.2) is 19.0 Å². The second kappa shape index (κ2) is 8.11. The molecule has 0 aromatic heterocycles. The molecule has 1 unspecified atom stereocenters. The maximum absolute atomic E-state index is 14.4. The average molecular weight is 410 g/mol. The van der Waals surface area contributed by atoms with Gasteiger partial charge in [0.1, 0.15) is 7.11 Å². The van der Waals surface area contributed by atoms with E-state index in [2.05, 4.69) is 43.3 Å². The fourth-order valence-electron chi connectivity index (χ4n) is 5.55. The molecule has 2 aromatic carbocycles. The molecule has 0 saturated heterocycles. The lowest BCUT2D eigenvalue weighted by Crippen LogP contribution is -2.57. The second-order valence-electron chi connectivity index (χ2n) is 9.46. The van der Waals surface area contributed by atoms with Crippen LogP contribution in [0.25, 0.3) is 0 Å². The quantitative estimate of drug-likeness (QED) is 0.390. The maximum Gasteiger partial charge on any atom is 0.106 e. The summed E-state index contributed by atoms with van der Waals surface area (Å²) in [6.45, 7) is 4.75. The minimum absolute atomic E-state index is 0.258. The molecule has 0 amide bonds. The minimum atomic E-state index is -2.50. The Morgan fingerprint density at radius 2 is 1.55 bits per heavy atom. The number of nitrogens with zero attached hydrogens (tertiary/aromatic N) is 1. The predicted octanol–water partition coefficient (Wildman–Crippen LogP) is 6.43. The van der Waals surface area contributed by atoms with Gasteiger partial charge in [-0.2, -0.15) is 0 Å². The summed E-state index contributed by atoms with van der Waals surface area (Å²) in [5.41, 5.74) is 3.77. The molecule has 3 aliphatic carbocycles. The molecule has 0 radical (unpaired) electrons. The number of hydrogen-bond acceptors (Lipinski definition) is 3. The molecule has 0 N–H and O–H groups in total. The van der Waals surface area contributed by atoms with Gasteiger partial charge in [0.15, 0.2) is 0 Å². The smallest absolute Gasteiger partial charge is 0.106 e. The summed E-state index contributed by atoms with van der Waals surface area (Å²) in [6, 6.07) is 20.6. The zero-order valence-electron chi connectivity index (χ0n) is 17.8. The van der Waals surface area contributed by atoms with Crippen LogP contribution in [0.2, 0.25) is 0 Å². The second-order valence-corrected chi connectivity index (χ2v) is 12.6. The molecule has 2 bridgehead atoms. The largest absolute Gasteiger partial charge is 0.399 e. The van der Waals surface area contributed by atoms with Crippen molar-refractivity contribution < 1.29 is 9.40 Å². The monoisotopic (exact) mass is 409 g/mol. The van der Waals surface area contributed by atoms with Crippen molar-refractivity contribution >= 4 is 12.9 Å². The van der Waals surface area contributed by atoms with E-state index in [0.717, 1.165) is 18.3 Å². The van der Waals surface area contributed by atoms with Crippen LogP contribution in [0, 0.1) is 23.2 Å². The van der Waals surface area contributed by atoms with E-state index >= 15 is 0 Å². The lowest BCUT2D eigenvalue weighted by Gasteiger charge is -2.60. The Hall–Kier alpha value is -1.86. The maximum atomic E-state index is 14.4. The molecule has 4 heteroatoms. The highest BCUT2D eigenvalue weighted by Gasteiger charge is 2.57. The van der Waals surface area contributed by atoms with Gasteiger partial charge in [0.2, 0.25) is 0 Å². The van der Waals surface area contributed by atoms with Gasteiger partial charge in [-0.25, -0.2) is 0 Å². The van der Waals surface area contributed by atoms with Crippen molar-refractivity contribution in [1.29, 1.82) is 0 Å². The van der Waals surface area contributed by atoms with Crippen LogP contribution in [-0.2, 0) is 21.7 Å². The predicted molar refractivity (Wildman–Crippen MR) is 121 cm³/mol. The van der Waals surface area contributed by atoms with Crippen LogP contribution in [0.1, 0.15) is 37.8 Å². The Morgan fingerprint density at radius 1 is 1.00 bits per heavy atom. The van der Waals surface area contributed by atoms with E-state index in [1.165, 1.54) is 17.5 Å². The third-order valence-corrected chi connectivity index (χ3v) is 10.2. The Balaban J connectivity index is 1.65. The summed E-state index contributed by atoms with van der Waals surface area (Å²) >= 11 is 0. The van der Waals surface area contributed by atoms with Gasteiger partial charge in [0.25, 0.3) is 0 Å². The molecule has 3 fully saturated rings. The minimum Gasteiger partial charge on any atom is -0.399 e. The normalized spacial score (nSPS) is 26.7. The van der Waals surface area contributed by atoms with Gasteiger partial charge in [0.05, 0.1) is 12.9 Å². The zero-order valence-corrected chi connectivity index (χ0v) is 18.6. The Labute approximate surface area is 174 Å². The number of hydrogen-bond donors (Lipinski definition) is 0. The van der Waals surface area contributed by atoms with E-state index in [1.807, 2.05) is 36.4 Å². The van der Waals surface area contributed by atoms with E-state index in [1.54, 1.807) is 7.11 Å². The van der Waals surface area contributed by atoms with E-state index in [9.17, 15) is 4.57 Å². The van der Waals surface area contributed by atoms with E-state index in [4.69, 9.17) is 4.84 Å². The highest BCUT2D eigenvalue weighted by molar-refractivity contribution is 7.62. The molecular weight excluding hydrogens is 377 g/mol. The molecule has 29 heavy (non-hydrogen) atoms. The molecule has 154 valence electrons. The van der Waals surface area contributed by atoms with Crippen LogP contribution in [0.5, 0.6) is 0 Å². The Morgan fingerprint density at radius 3 is 2.03 bits per heavy atom. The summed E-state index contributed by atoms with van der Waals surface area (Å²) in [5.74, 6) is 1.49. The molecule has 3 nitrogen and oxygen atoms in total. The van der Waals surface area contributed by atoms with Gasteiger partial charge >= 0.3 is 0 Å². The zero-order chi connectivity index (χ0) is 20.5. The first-order valence-electron chi connectivity index (χ1n) is 10.7. The first-order chi connectivity index (χ1) is 13.9. The van der Waals surface area contributed by atoms with Crippen molar-refractivity contribution in [2.24, 2.45) is 28.3 Å². The van der Waals surface area contributed by atoms with Crippen LogP contribution in [0.4, 0.5) is 0 Å². The Kier molecular flexibility index (Phi) is 5.71. The van der Waals surface area contributed by atoms with Gasteiger partial charge in [-0.15, -0.1) is 0 Å². The fraction of sp³-hybridized carbons (Fsp3) is 0.480. The Bertz CT molecular complexity index is 861. The molecule has 0 aliphatic heterocycles. The van der Waals surface area contributed by atoms with Crippen LogP contribution in [0.15, 0.2) is 65.8 Å². The van der Waals surface area contributed by atoms with E-state index < -0.39 is 7.14 Å². The number of fused-ring (bicyclic) bond motifs is 2. The standard InChI is InChI=1S/C25H32NO2P/c1-25(2)21-14-23(25)22(24(15-21)26-28-3)18-29(27,16-19-10-6-4-7-11-19)17-20-12-8-5-9-13-20/h4-13,21-23H,14-18H2,1-3H3/b26-24+/t21-,22?,23+/m0/s1. The molecule has 3 saturated carbocycles.